The minimum atomic E-state index is -0.534. The van der Waals surface area contributed by atoms with Gasteiger partial charge in [-0.1, -0.05) is 26.2 Å². The van der Waals surface area contributed by atoms with Crippen molar-refractivity contribution >= 4 is 34.0 Å². The maximum atomic E-state index is 12.1. The van der Waals surface area contributed by atoms with Crippen LogP contribution < -0.4 is 16.8 Å². The molecule has 6 nitrogen and oxygen atoms in total. The molecule has 0 fully saturated rings. The highest BCUT2D eigenvalue weighted by Crippen LogP contribution is 2.26. The number of hydrogen-bond acceptors (Lipinski definition) is 5. The summed E-state index contributed by atoms with van der Waals surface area (Å²) in [5.41, 5.74) is 9.19. The molecule has 7 heteroatoms. The van der Waals surface area contributed by atoms with E-state index in [1.165, 1.54) is 12.5 Å². The van der Waals surface area contributed by atoms with Gasteiger partial charge in [0.2, 0.25) is 0 Å². The topological polar surface area (TPSA) is 101 Å². The highest BCUT2D eigenvalue weighted by atomic mass is 32.1. The Morgan fingerprint density at radius 1 is 1.32 bits per heavy atom. The van der Waals surface area contributed by atoms with Gasteiger partial charge in [-0.15, -0.1) is 0 Å². The molecule has 0 unspecified atom stereocenters. The highest BCUT2D eigenvalue weighted by Gasteiger charge is 2.11. The predicted molar refractivity (Wildman–Crippen MR) is 104 cm³/mol. The van der Waals surface area contributed by atoms with Gasteiger partial charge in [0, 0.05) is 11.5 Å². The third-order valence-electron chi connectivity index (χ3n) is 3.96. The molecule has 1 aromatic heterocycles. The van der Waals surface area contributed by atoms with Crippen molar-refractivity contribution in [1.82, 2.24) is 5.43 Å². The number of phenols is 1. The number of benzene rings is 1. The van der Waals surface area contributed by atoms with Gasteiger partial charge >= 0.3 is 5.63 Å². The number of phenolic OH excluding ortho intramolecular Hbond substituents is 1. The molecule has 2 rings (SSSR count). The van der Waals surface area contributed by atoms with Crippen molar-refractivity contribution in [1.29, 1.82) is 0 Å². The Morgan fingerprint density at radius 2 is 2.08 bits per heavy atom. The maximum Gasteiger partial charge on any atom is 0.345 e. The van der Waals surface area contributed by atoms with Crippen molar-refractivity contribution in [3.05, 3.63) is 39.7 Å². The van der Waals surface area contributed by atoms with E-state index in [1.54, 1.807) is 13.0 Å². The molecular formula is C18H23N3O3S. The lowest BCUT2D eigenvalue weighted by molar-refractivity contribution is 0.464. The molecule has 0 aliphatic heterocycles. The van der Waals surface area contributed by atoms with Crippen molar-refractivity contribution in [2.45, 2.75) is 46.0 Å². The van der Waals surface area contributed by atoms with E-state index in [-0.39, 0.29) is 10.9 Å². The molecule has 25 heavy (non-hydrogen) atoms. The normalized spacial score (nSPS) is 11.7. The number of fused-ring (bicyclic) bond motifs is 1. The average Bonchev–Trinajstić information content (AvgIpc) is 2.56. The molecule has 0 atom stereocenters. The van der Waals surface area contributed by atoms with Crippen LogP contribution in [0.25, 0.3) is 11.0 Å². The molecule has 134 valence electrons. The first-order chi connectivity index (χ1) is 11.9. The molecule has 0 amide bonds. The number of hydrazone groups is 1. The van der Waals surface area contributed by atoms with Gasteiger partial charge in [-0.2, -0.15) is 5.10 Å². The molecule has 1 aromatic carbocycles. The van der Waals surface area contributed by atoms with E-state index in [4.69, 9.17) is 22.4 Å². The Morgan fingerprint density at radius 3 is 2.76 bits per heavy atom. The largest absolute Gasteiger partial charge is 0.508 e. The van der Waals surface area contributed by atoms with Crippen LogP contribution in [0.5, 0.6) is 5.75 Å². The molecule has 2 aromatic rings. The Balaban J connectivity index is 2.35. The van der Waals surface area contributed by atoms with Gasteiger partial charge in [-0.25, -0.2) is 4.79 Å². The first-order valence-corrected chi connectivity index (χ1v) is 8.73. The van der Waals surface area contributed by atoms with Gasteiger partial charge in [0.25, 0.3) is 0 Å². The summed E-state index contributed by atoms with van der Waals surface area (Å²) in [6.07, 6.45) is 5.26. The quantitative estimate of drug-likeness (QED) is 0.230. The number of aromatic hydroxyl groups is 1. The molecule has 0 saturated carbocycles. The Hall–Kier alpha value is -2.41. The van der Waals surface area contributed by atoms with Crippen molar-refractivity contribution in [3.63, 3.8) is 0 Å². The summed E-state index contributed by atoms with van der Waals surface area (Å²) in [5, 5.41) is 14.9. The van der Waals surface area contributed by atoms with Crippen LogP contribution in [0.4, 0.5) is 0 Å². The summed E-state index contributed by atoms with van der Waals surface area (Å²) >= 11 is 4.69. The summed E-state index contributed by atoms with van der Waals surface area (Å²) < 4.78 is 5.31. The van der Waals surface area contributed by atoms with Crippen LogP contribution in [-0.2, 0) is 6.42 Å². The van der Waals surface area contributed by atoms with Gasteiger partial charge in [0.15, 0.2) is 5.11 Å². The number of nitrogens with one attached hydrogen (secondary N) is 1. The number of rotatable bonds is 7. The van der Waals surface area contributed by atoms with E-state index in [0.29, 0.717) is 16.9 Å². The van der Waals surface area contributed by atoms with E-state index in [9.17, 15) is 9.90 Å². The molecule has 4 N–H and O–H groups in total. The van der Waals surface area contributed by atoms with Gasteiger partial charge < -0.3 is 15.3 Å². The first kappa shape index (κ1) is 18.9. The lowest BCUT2D eigenvalue weighted by Crippen LogP contribution is -2.26. The number of aryl methyl sites for hydroxylation is 1. The molecule has 0 aliphatic rings. The van der Waals surface area contributed by atoms with Crippen LogP contribution in [-0.4, -0.2) is 15.9 Å². The highest BCUT2D eigenvalue weighted by molar-refractivity contribution is 7.80. The molecular weight excluding hydrogens is 338 g/mol. The zero-order chi connectivity index (χ0) is 18.4. The van der Waals surface area contributed by atoms with Crippen LogP contribution in [0.15, 0.2) is 32.5 Å². The summed E-state index contributed by atoms with van der Waals surface area (Å²) in [4.78, 5) is 12.1. The van der Waals surface area contributed by atoms with Gasteiger partial charge in [-0.05, 0) is 49.7 Å². The van der Waals surface area contributed by atoms with Crippen molar-refractivity contribution in [3.8, 4) is 5.75 Å². The SMILES string of the molecule is CCCCCCc1cc2cc(/C(C)=N\NC(N)=S)c(=O)oc2cc1O. The third-order valence-corrected chi connectivity index (χ3v) is 4.05. The molecule has 0 saturated heterocycles. The summed E-state index contributed by atoms with van der Waals surface area (Å²) in [7, 11) is 0. The fourth-order valence-corrected chi connectivity index (χ4v) is 2.64. The van der Waals surface area contributed by atoms with Gasteiger partial charge in [0.05, 0.1) is 11.3 Å². The van der Waals surface area contributed by atoms with Crippen molar-refractivity contribution in [2.75, 3.05) is 0 Å². The average molecular weight is 361 g/mol. The third kappa shape index (κ3) is 5.03. The number of hydrogen-bond donors (Lipinski definition) is 3. The van der Waals surface area contributed by atoms with E-state index >= 15 is 0 Å². The Labute approximate surface area is 151 Å². The van der Waals surface area contributed by atoms with Gasteiger partial charge in [0.1, 0.15) is 11.3 Å². The maximum absolute atomic E-state index is 12.1. The lowest BCUT2D eigenvalue weighted by Gasteiger charge is -2.08. The first-order valence-electron chi connectivity index (χ1n) is 8.32. The van der Waals surface area contributed by atoms with Crippen LogP contribution in [0.1, 0.15) is 50.7 Å². The minimum absolute atomic E-state index is 0.0174. The molecule has 0 aliphatic carbocycles. The Bertz CT molecular complexity index is 859. The van der Waals surface area contributed by atoms with E-state index in [1.807, 2.05) is 6.07 Å². The summed E-state index contributed by atoms with van der Waals surface area (Å²) in [6.45, 7) is 3.82. The monoisotopic (exact) mass is 361 g/mol. The second-order valence-corrected chi connectivity index (χ2v) is 6.39. The number of unbranched alkanes of at least 4 members (excludes halogenated alkanes) is 3. The zero-order valence-electron chi connectivity index (χ0n) is 14.5. The molecule has 0 spiro atoms. The second kappa shape index (κ2) is 8.62. The predicted octanol–water partition coefficient (Wildman–Crippen LogP) is 3.18. The van der Waals surface area contributed by atoms with E-state index in [0.717, 1.165) is 36.6 Å². The standard InChI is InChI=1S/C18H23N3O3S/c1-3-4-5-6-7-12-8-13-9-14(11(2)20-21-18(19)25)17(23)24-16(13)10-15(12)22/h8-10,22H,3-7H2,1-2H3,(H3,19,21,25)/b20-11-. The number of nitrogens with two attached hydrogens (primary N) is 1. The lowest BCUT2D eigenvalue weighted by atomic mass is 10.0. The smallest absolute Gasteiger partial charge is 0.345 e. The van der Waals surface area contributed by atoms with Crippen LogP contribution in [0.2, 0.25) is 0 Å². The van der Waals surface area contributed by atoms with Crippen LogP contribution in [0.3, 0.4) is 0 Å². The zero-order valence-corrected chi connectivity index (χ0v) is 15.3. The summed E-state index contributed by atoms with van der Waals surface area (Å²) in [5.74, 6) is 0.153. The number of thiocarbonyl (C=S) groups is 1. The van der Waals surface area contributed by atoms with Crippen LogP contribution in [0, 0.1) is 0 Å². The molecule has 0 radical (unpaired) electrons. The fraction of sp³-hybridized carbons (Fsp3) is 0.389. The molecule has 1 heterocycles. The van der Waals surface area contributed by atoms with Crippen molar-refractivity contribution in [2.24, 2.45) is 10.8 Å². The van der Waals surface area contributed by atoms with Crippen molar-refractivity contribution < 1.29 is 9.52 Å². The number of nitrogens with zero attached hydrogens (tertiary/aromatic N) is 1. The minimum Gasteiger partial charge on any atom is -0.508 e. The molecule has 0 bridgehead atoms. The van der Waals surface area contributed by atoms with Crippen LogP contribution >= 0.6 is 12.2 Å². The van der Waals surface area contributed by atoms with E-state index < -0.39 is 5.63 Å². The van der Waals surface area contributed by atoms with E-state index in [2.05, 4.69) is 17.5 Å². The van der Waals surface area contributed by atoms with Gasteiger partial charge in [-0.3, -0.25) is 5.43 Å². The second-order valence-electron chi connectivity index (χ2n) is 5.95. The fourth-order valence-electron chi connectivity index (χ4n) is 2.60. The summed E-state index contributed by atoms with van der Waals surface area (Å²) in [6, 6.07) is 5.06. The Kier molecular flexibility index (Phi) is 6.52.